The molecule has 3 nitrogen and oxygen atoms in total. The van der Waals surface area contributed by atoms with Crippen LogP contribution in [0, 0.1) is 5.92 Å². The Morgan fingerprint density at radius 1 is 1.28 bits per heavy atom. The first kappa shape index (κ1) is 13.6. The maximum Gasteiger partial charge on any atom is 0.0625 e. The Hall–Kier alpha value is -0.830. The van der Waals surface area contributed by atoms with Crippen molar-refractivity contribution in [2.75, 3.05) is 0 Å². The monoisotopic (exact) mass is 249 g/mol. The summed E-state index contributed by atoms with van der Waals surface area (Å²) >= 11 is 0. The van der Waals surface area contributed by atoms with Crippen molar-refractivity contribution in [1.29, 1.82) is 0 Å². The first-order valence-electron chi connectivity index (χ1n) is 7.48. The van der Waals surface area contributed by atoms with Crippen molar-refractivity contribution >= 4 is 0 Å². The molecule has 1 fully saturated rings. The summed E-state index contributed by atoms with van der Waals surface area (Å²) in [5.74, 6) is 0.978. The van der Waals surface area contributed by atoms with Crippen LogP contribution in [-0.4, -0.2) is 15.8 Å². The molecule has 1 N–H and O–H groups in total. The van der Waals surface area contributed by atoms with Crippen LogP contribution in [0.3, 0.4) is 0 Å². The van der Waals surface area contributed by atoms with Crippen LogP contribution in [0.4, 0.5) is 0 Å². The number of aryl methyl sites for hydroxylation is 2. The third kappa shape index (κ3) is 3.35. The first-order valence-corrected chi connectivity index (χ1v) is 7.48. The molecule has 1 aromatic rings. The van der Waals surface area contributed by atoms with Crippen molar-refractivity contribution in [1.82, 2.24) is 15.1 Å². The van der Waals surface area contributed by atoms with Crippen LogP contribution in [0.2, 0.25) is 0 Å². The Morgan fingerprint density at radius 2 is 2.00 bits per heavy atom. The summed E-state index contributed by atoms with van der Waals surface area (Å²) in [4.78, 5) is 0. The van der Waals surface area contributed by atoms with Crippen LogP contribution in [0.15, 0.2) is 6.07 Å². The van der Waals surface area contributed by atoms with Gasteiger partial charge in [0, 0.05) is 19.6 Å². The molecule has 1 heterocycles. The molecule has 0 radical (unpaired) electrons. The predicted octanol–water partition coefficient (Wildman–Crippen LogP) is 3.04. The predicted molar refractivity (Wildman–Crippen MR) is 75.5 cm³/mol. The lowest BCUT2D eigenvalue weighted by Gasteiger charge is -2.28. The quantitative estimate of drug-likeness (QED) is 0.869. The summed E-state index contributed by atoms with van der Waals surface area (Å²) < 4.78 is 2.02. The van der Waals surface area contributed by atoms with E-state index >= 15 is 0 Å². The smallest absolute Gasteiger partial charge is 0.0625 e. The highest BCUT2D eigenvalue weighted by atomic mass is 15.3. The lowest BCUT2D eigenvalue weighted by molar-refractivity contribution is 0.284. The van der Waals surface area contributed by atoms with Crippen LogP contribution < -0.4 is 5.32 Å². The summed E-state index contributed by atoms with van der Waals surface area (Å²) in [5.41, 5.74) is 2.51. The zero-order valence-electron chi connectivity index (χ0n) is 12.1. The molecular formula is C15H27N3. The molecule has 0 aliphatic heterocycles. The molecule has 1 aliphatic rings. The van der Waals surface area contributed by atoms with E-state index in [-0.39, 0.29) is 0 Å². The first-order chi connectivity index (χ1) is 8.72. The van der Waals surface area contributed by atoms with Crippen molar-refractivity contribution in [3.05, 3.63) is 17.5 Å². The van der Waals surface area contributed by atoms with Gasteiger partial charge in [-0.25, -0.2) is 0 Å². The van der Waals surface area contributed by atoms with Crippen molar-refractivity contribution in [3.63, 3.8) is 0 Å². The second-order valence-electron chi connectivity index (χ2n) is 5.61. The fraction of sp³-hybridized carbons (Fsp3) is 0.800. The molecule has 1 aliphatic carbocycles. The fourth-order valence-corrected chi connectivity index (χ4v) is 2.93. The highest BCUT2D eigenvalue weighted by Gasteiger charge is 2.19. The van der Waals surface area contributed by atoms with E-state index in [1.807, 2.05) is 11.7 Å². The molecule has 0 spiro atoms. The molecule has 0 aromatic carbocycles. The average molecular weight is 249 g/mol. The zero-order valence-corrected chi connectivity index (χ0v) is 12.1. The Kier molecular flexibility index (Phi) is 4.81. The Bertz CT molecular complexity index is 362. The van der Waals surface area contributed by atoms with E-state index in [4.69, 9.17) is 0 Å². The second kappa shape index (κ2) is 6.37. The van der Waals surface area contributed by atoms with Gasteiger partial charge >= 0.3 is 0 Å². The lowest BCUT2D eigenvalue weighted by Crippen LogP contribution is -2.33. The minimum atomic E-state index is 0.716. The molecule has 2 rings (SSSR count). The molecule has 0 bridgehead atoms. The number of hydrogen-bond acceptors (Lipinski definition) is 2. The second-order valence-corrected chi connectivity index (χ2v) is 5.61. The summed E-state index contributed by atoms with van der Waals surface area (Å²) in [5, 5.41) is 8.19. The number of aromatic nitrogens is 2. The van der Waals surface area contributed by atoms with E-state index in [0.717, 1.165) is 18.9 Å². The maximum absolute atomic E-state index is 4.49. The normalized spacial score (nSPS) is 24.4. The molecule has 1 saturated carbocycles. The highest BCUT2D eigenvalue weighted by Crippen LogP contribution is 2.26. The molecule has 0 atom stereocenters. The van der Waals surface area contributed by atoms with Gasteiger partial charge in [0.1, 0.15) is 0 Å². The molecule has 3 heteroatoms. The van der Waals surface area contributed by atoms with Gasteiger partial charge in [0.2, 0.25) is 0 Å². The van der Waals surface area contributed by atoms with E-state index < -0.39 is 0 Å². The van der Waals surface area contributed by atoms with Gasteiger partial charge in [0.15, 0.2) is 0 Å². The van der Waals surface area contributed by atoms with Crippen molar-refractivity contribution in [2.45, 2.75) is 65.0 Å². The van der Waals surface area contributed by atoms with Gasteiger partial charge in [0.25, 0.3) is 0 Å². The average Bonchev–Trinajstić information content (AvgIpc) is 2.77. The lowest BCUT2D eigenvalue weighted by atomic mass is 9.84. The van der Waals surface area contributed by atoms with Gasteiger partial charge in [-0.15, -0.1) is 0 Å². The van der Waals surface area contributed by atoms with Gasteiger partial charge in [-0.3, -0.25) is 4.68 Å². The van der Waals surface area contributed by atoms with Gasteiger partial charge in [0.05, 0.1) is 11.4 Å². The van der Waals surface area contributed by atoms with Gasteiger partial charge < -0.3 is 5.32 Å². The van der Waals surface area contributed by atoms with Crippen molar-refractivity contribution < 1.29 is 0 Å². The number of hydrogen-bond donors (Lipinski definition) is 1. The van der Waals surface area contributed by atoms with Gasteiger partial charge in [-0.05, 0) is 44.1 Å². The van der Waals surface area contributed by atoms with E-state index in [2.05, 4.69) is 30.3 Å². The van der Waals surface area contributed by atoms with E-state index in [1.165, 1.54) is 43.5 Å². The van der Waals surface area contributed by atoms with Crippen molar-refractivity contribution in [2.24, 2.45) is 13.0 Å². The minimum Gasteiger partial charge on any atom is -0.308 e. The standard InChI is InChI=1S/C15H27N3/c1-4-12-6-8-14(9-7-12)16-11-15-10-13(5-2)17-18(15)3/h10,12,14,16H,4-9,11H2,1-3H3. The van der Waals surface area contributed by atoms with Crippen LogP contribution in [0.1, 0.15) is 57.3 Å². The fourth-order valence-electron chi connectivity index (χ4n) is 2.93. The number of rotatable bonds is 5. The van der Waals surface area contributed by atoms with Crippen LogP contribution in [0.5, 0.6) is 0 Å². The zero-order chi connectivity index (χ0) is 13.0. The summed E-state index contributed by atoms with van der Waals surface area (Å²) in [6.45, 7) is 5.44. The molecular weight excluding hydrogens is 222 g/mol. The largest absolute Gasteiger partial charge is 0.308 e. The SMILES string of the molecule is CCc1cc(CNC2CCC(CC)CC2)n(C)n1. The molecule has 0 unspecified atom stereocenters. The topological polar surface area (TPSA) is 29.9 Å². The molecule has 18 heavy (non-hydrogen) atoms. The van der Waals surface area contributed by atoms with E-state index in [9.17, 15) is 0 Å². The summed E-state index contributed by atoms with van der Waals surface area (Å²) in [6.07, 6.45) is 7.87. The van der Waals surface area contributed by atoms with Crippen LogP contribution >= 0.6 is 0 Å². The summed E-state index contributed by atoms with van der Waals surface area (Å²) in [6, 6.07) is 2.94. The minimum absolute atomic E-state index is 0.716. The van der Waals surface area contributed by atoms with E-state index in [1.54, 1.807) is 0 Å². The van der Waals surface area contributed by atoms with E-state index in [0.29, 0.717) is 6.04 Å². The number of nitrogens with zero attached hydrogens (tertiary/aromatic N) is 2. The van der Waals surface area contributed by atoms with Gasteiger partial charge in [-0.2, -0.15) is 5.10 Å². The number of nitrogens with one attached hydrogen (secondary N) is 1. The Labute approximate surface area is 111 Å². The molecule has 102 valence electrons. The third-order valence-corrected chi connectivity index (χ3v) is 4.39. The Balaban J connectivity index is 1.79. The van der Waals surface area contributed by atoms with Crippen LogP contribution in [-0.2, 0) is 20.0 Å². The van der Waals surface area contributed by atoms with Gasteiger partial charge in [-0.1, -0.05) is 20.3 Å². The maximum atomic E-state index is 4.49. The molecule has 0 amide bonds. The highest BCUT2D eigenvalue weighted by molar-refractivity contribution is 5.10. The Morgan fingerprint density at radius 3 is 2.56 bits per heavy atom. The van der Waals surface area contributed by atoms with Crippen LogP contribution in [0.25, 0.3) is 0 Å². The summed E-state index contributed by atoms with van der Waals surface area (Å²) in [7, 11) is 2.05. The third-order valence-electron chi connectivity index (χ3n) is 4.39. The molecule has 1 aromatic heterocycles. The molecule has 0 saturated heterocycles. The van der Waals surface area contributed by atoms with Crippen molar-refractivity contribution in [3.8, 4) is 0 Å².